The van der Waals surface area contributed by atoms with Gasteiger partial charge in [0.1, 0.15) is 0 Å². The van der Waals surface area contributed by atoms with Gasteiger partial charge in [-0.2, -0.15) is 0 Å². The van der Waals surface area contributed by atoms with E-state index in [9.17, 15) is 0 Å². The first kappa shape index (κ1) is 15.9. The molecule has 0 amide bonds. The van der Waals surface area contributed by atoms with Crippen molar-refractivity contribution < 1.29 is 0 Å². The summed E-state index contributed by atoms with van der Waals surface area (Å²) < 4.78 is 0. The van der Waals surface area contributed by atoms with Crippen LogP contribution in [0.2, 0.25) is 0 Å². The maximum Gasteiger partial charge on any atom is -0.0357 e. The largest absolute Gasteiger partial charge is 0.0533 e. The molecule has 0 heterocycles. The predicted octanol–water partition coefficient (Wildman–Crippen LogP) is 6.79. The van der Waals surface area contributed by atoms with Crippen LogP contribution in [-0.2, 0) is 0 Å². The van der Waals surface area contributed by atoms with Crippen LogP contribution in [0.5, 0.6) is 0 Å². The van der Waals surface area contributed by atoms with Crippen molar-refractivity contribution in [3.05, 3.63) is 6.92 Å². The summed E-state index contributed by atoms with van der Waals surface area (Å²) in [5.41, 5.74) is 0. The molecule has 0 heteroatoms. The molecule has 3 saturated carbocycles. The lowest BCUT2D eigenvalue weighted by Gasteiger charge is -2.24. The molecular weight excluding hydrogens is 252 g/mol. The third-order valence-electron chi connectivity index (χ3n) is 6.35. The second-order valence-electron chi connectivity index (χ2n) is 8.57. The van der Waals surface area contributed by atoms with Gasteiger partial charge in [-0.1, -0.05) is 83.5 Å². The molecular formula is C21H37. The Morgan fingerprint density at radius 2 is 1.19 bits per heavy atom. The molecule has 0 aliphatic heterocycles. The quantitative estimate of drug-likeness (QED) is 0.327. The van der Waals surface area contributed by atoms with Crippen LogP contribution in [0.3, 0.4) is 0 Å². The second-order valence-corrected chi connectivity index (χ2v) is 8.57. The van der Waals surface area contributed by atoms with E-state index < -0.39 is 0 Å². The Kier molecular flexibility index (Phi) is 6.07. The minimum Gasteiger partial charge on any atom is -0.0533 e. The van der Waals surface area contributed by atoms with Crippen molar-refractivity contribution in [3.63, 3.8) is 0 Å². The predicted molar refractivity (Wildman–Crippen MR) is 92.1 cm³/mol. The summed E-state index contributed by atoms with van der Waals surface area (Å²) in [4.78, 5) is 0. The van der Waals surface area contributed by atoms with Gasteiger partial charge in [0.25, 0.3) is 0 Å². The third kappa shape index (κ3) is 6.33. The lowest BCUT2D eigenvalue weighted by Crippen LogP contribution is -2.14. The Morgan fingerprint density at radius 1 is 0.667 bits per heavy atom. The molecule has 0 aromatic rings. The van der Waals surface area contributed by atoms with Crippen LogP contribution in [0.25, 0.3) is 0 Å². The smallest absolute Gasteiger partial charge is 0.0357 e. The van der Waals surface area contributed by atoms with Crippen molar-refractivity contribution in [1.82, 2.24) is 0 Å². The van der Waals surface area contributed by atoms with E-state index in [4.69, 9.17) is 0 Å². The van der Waals surface area contributed by atoms with Crippen LogP contribution in [-0.4, -0.2) is 0 Å². The van der Waals surface area contributed by atoms with E-state index in [1.54, 1.807) is 0 Å². The molecule has 3 aliphatic carbocycles. The molecule has 21 heavy (non-hydrogen) atoms. The van der Waals surface area contributed by atoms with Gasteiger partial charge in [-0.3, -0.25) is 0 Å². The Morgan fingerprint density at radius 3 is 1.71 bits per heavy atom. The fourth-order valence-electron chi connectivity index (χ4n) is 4.15. The Labute approximate surface area is 133 Å². The lowest BCUT2D eigenvalue weighted by atomic mass is 9.82. The standard InChI is InChI=1S/C21H37/c1-17(21-15-16-21)20(10-6-5-8-19-13-14-19)9-4-2-3-7-18-11-12-18/h17-21H,1-16H2. The molecule has 3 rings (SSSR count). The Hall–Kier alpha value is 0. The molecule has 2 atom stereocenters. The molecule has 2 unspecified atom stereocenters. The Balaban J connectivity index is 1.27. The first-order chi connectivity index (χ1) is 10.3. The lowest BCUT2D eigenvalue weighted by molar-refractivity contribution is 0.292. The minimum atomic E-state index is 0.786. The van der Waals surface area contributed by atoms with Gasteiger partial charge in [0, 0.05) is 0 Å². The highest BCUT2D eigenvalue weighted by atomic mass is 14.4. The van der Waals surface area contributed by atoms with E-state index in [0.29, 0.717) is 0 Å². The third-order valence-corrected chi connectivity index (χ3v) is 6.35. The van der Waals surface area contributed by atoms with Gasteiger partial charge in [0.15, 0.2) is 0 Å². The first-order valence-electron chi connectivity index (χ1n) is 10.2. The van der Waals surface area contributed by atoms with E-state index >= 15 is 0 Å². The maximum atomic E-state index is 4.56. The number of rotatable bonds is 13. The monoisotopic (exact) mass is 289 g/mol. The van der Waals surface area contributed by atoms with Crippen molar-refractivity contribution in [2.45, 2.75) is 96.3 Å². The minimum absolute atomic E-state index is 0.786. The van der Waals surface area contributed by atoms with Gasteiger partial charge < -0.3 is 0 Å². The van der Waals surface area contributed by atoms with Crippen molar-refractivity contribution in [1.29, 1.82) is 0 Å². The van der Waals surface area contributed by atoms with Gasteiger partial charge in [-0.05, 0) is 49.4 Å². The summed E-state index contributed by atoms with van der Waals surface area (Å²) >= 11 is 0. The van der Waals surface area contributed by atoms with Gasteiger partial charge in [-0.15, -0.1) is 0 Å². The molecule has 0 bridgehead atoms. The highest BCUT2D eigenvalue weighted by Gasteiger charge is 2.32. The van der Waals surface area contributed by atoms with Crippen LogP contribution < -0.4 is 0 Å². The maximum absolute atomic E-state index is 4.56. The van der Waals surface area contributed by atoms with E-state index in [1.165, 1.54) is 96.3 Å². The number of hydrogen-bond acceptors (Lipinski definition) is 0. The zero-order valence-electron chi connectivity index (χ0n) is 14.2. The highest BCUT2D eigenvalue weighted by Crippen LogP contribution is 2.43. The fourth-order valence-corrected chi connectivity index (χ4v) is 4.15. The summed E-state index contributed by atoms with van der Waals surface area (Å²) in [6.45, 7) is 4.56. The molecule has 0 saturated heterocycles. The molecule has 0 spiro atoms. The van der Waals surface area contributed by atoms with Crippen LogP contribution >= 0.6 is 0 Å². The molecule has 0 aromatic heterocycles. The molecule has 1 radical (unpaired) electrons. The summed E-state index contributed by atoms with van der Waals surface area (Å²) in [6.07, 6.45) is 22.6. The number of hydrogen-bond donors (Lipinski definition) is 0. The van der Waals surface area contributed by atoms with Crippen LogP contribution in [0.15, 0.2) is 0 Å². The van der Waals surface area contributed by atoms with Crippen molar-refractivity contribution in [2.24, 2.45) is 29.6 Å². The van der Waals surface area contributed by atoms with Gasteiger partial charge in [0.05, 0.1) is 0 Å². The Bertz CT molecular complexity index is 282. The molecule has 0 aromatic carbocycles. The number of unbranched alkanes of at least 4 members (excludes halogenated alkanes) is 3. The van der Waals surface area contributed by atoms with Crippen LogP contribution in [0, 0.1) is 36.5 Å². The van der Waals surface area contributed by atoms with Crippen molar-refractivity contribution in [2.75, 3.05) is 0 Å². The zero-order chi connectivity index (χ0) is 14.5. The summed E-state index contributed by atoms with van der Waals surface area (Å²) in [6, 6.07) is 0. The zero-order valence-corrected chi connectivity index (χ0v) is 14.2. The first-order valence-corrected chi connectivity index (χ1v) is 10.2. The SMILES string of the molecule is [CH2]C(C(CCCCCC1CC1)CCCCC1CC1)C1CC1. The average Bonchev–Trinajstić information content (AvgIpc) is 3.35. The van der Waals surface area contributed by atoms with Crippen molar-refractivity contribution in [3.8, 4) is 0 Å². The van der Waals surface area contributed by atoms with Crippen LogP contribution in [0.1, 0.15) is 96.3 Å². The van der Waals surface area contributed by atoms with E-state index in [-0.39, 0.29) is 0 Å². The molecule has 121 valence electrons. The molecule has 0 N–H and O–H groups in total. The topological polar surface area (TPSA) is 0 Å². The molecule has 3 aliphatic rings. The normalized spacial score (nSPS) is 25.0. The summed E-state index contributed by atoms with van der Waals surface area (Å²) in [5, 5.41) is 0. The summed E-state index contributed by atoms with van der Waals surface area (Å²) in [7, 11) is 0. The van der Waals surface area contributed by atoms with Crippen molar-refractivity contribution >= 4 is 0 Å². The summed E-state index contributed by atoms with van der Waals surface area (Å²) in [5.74, 6) is 5.01. The van der Waals surface area contributed by atoms with Gasteiger partial charge >= 0.3 is 0 Å². The average molecular weight is 290 g/mol. The highest BCUT2D eigenvalue weighted by molar-refractivity contribution is 4.87. The molecule has 0 nitrogen and oxygen atoms in total. The van der Waals surface area contributed by atoms with E-state index in [2.05, 4.69) is 6.92 Å². The fraction of sp³-hybridized carbons (Fsp3) is 0.952. The van der Waals surface area contributed by atoms with E-state index in [1.807, 2.05) is 0 Å². The van der Waals surface area contributed by atoms with Gasteiger partial charge in [-0.25, -0.2) is 0 Å². The van der Waals surface area contributed by atoms with E-state index in [0.717, 1.165) is 29.6 Å². The van der Waals surface area contributed by atoms with Gasteiger partial charge in [0.2, 0.25) is 0 Å². The van der Waals surface area contributed by atoms with Crippen LogP contribution in [0.4, 0.5) is 0 Å². The molecule has 3 fully saturated rings. The second kappa shape index (κ2) is 8.02.